The number of rotatable bonds is 1. The molecule has 0 fully saturated rings. The van der Waals surface area contributed by atoms with Crippen molar-refractivity contribution in [3.63, 3.8) is 0 Å². The van der Waals surface area contributed by atoms with Gasteiger partial charge in [-0.05, 0) is 0 Å². The lowest BCUT2D eigenvalue weighted by Crippen LogP contribution is -2.28. The van der Waals surface area contributed by atoms with Crippen LogP contribution >= 0.6 is 0 Å². The van der Waals surface area contributed by atoms with Gasteiger partial charge in [0.05, 0.1) is 0 Å². The summed E-state index contributed by atoms with van der Waals surface area (Å²) in [6.07, 6.45) is 0. The molecule has 0 amide bonds. The van der Waals surface area contributed by atoms with Crippen molar-refractivity contribution >= 4 is 23.5 Å². The van der Waals surface area contributed by atoms with Gasteiger partial charge in [-0.25, -0.2) is 19.4 Å². The molecule has 2 rings (SSSR count). The summed E-state index contributed by atoms with van der Waals surface area (Å²) in [6, 6.07) is 6.08. The SMILES string of the molecule is CC(=O)OOC(=O)C1C(=O)c2ccccc2C1=O. The molecule has 0 aliphatic heterocycles. The molecule has 0 atom stereocenters. The molecule has 0 unspecified atom stereocenters. The molecule has 0 spiro atoms. The van der Waals surface area contributed by atoms with Crippen molar-refractivity contribution in [2.45, 2.75) is 6.92 Å². The maximum Gasteiger partial charge on any atom is 0.374 e. The van der Waals surface area contributed by atoms with Crippen molar-refractivity contribution in [3.05, 3.63) is 35.4 Å². The minimum absolute atomic E-state index is 0.173. The molecule has 1 aromatic carbocycles. The number of benzene rings is 1. The van der Waals surface area contributed by atoms with Crippen LogP contribution in [-0.4, -0.2) is 23.5 Å². The zero-order chi connectivity index (χ0) is 13.3. The van der Waals surface area contributed by atoms with Crippen LogP contribution in [0, 0.1) is 5.92 Å². The van der Waals surface area contributed by atoms with Gasteiger partial charge >= 0.3 is 11.9 Å². The summed E-state index contributed by atoms with van der Waals surface area (Å²) in [5.74, 6) is -4.91. The zero-order valence-corrected chi connectivity index (χ0v) is 9.34. The number of hydrogen-bond donors (Lipinski definition) is 0. The van der Waals surface area contributed by atoms with E-state index in [9.17, 15) is 19.2 Å². The Labute approximate surface area is 101 Å². The van der Waals surface area contributed by atoms with Crippen molar-refractivity contribution < 1.29 is 29.0 Å². The number of carbonyl (C=O) groups is 4. The Bertz CT molecular complexity index is 524. The fourth-order valence-corrected chi connectivity index (χ4v) is 1.70. The average molecular weight is 248 g/mol. The third-order valence-electron chi connectivity index (χ3n) is 2.46. The molecule has 92 valence electrons. The first-order chi connectivity index (χ1) is 8.52. The molecule has 18 heavy (non-hydrogen) atoms. The Morgan fingerprint density at radius 1 is 1.00 bits per heavy atom. The predicted octanol–water partition coefficient (Wildman–Crippen LogP) is 0.703. The highest BCUT2D eigenvalue weighted by Gasteiger charge is 2.45. The van der Waals surface area contributed by atoms with Gasteiger partial charge in [0.2, 0.25) is 0 Å². The van der Waals surface area contributed by atoms with Crippen LogP contribution in [0.1, 0.15) is 27.6 Å². The number of fused-ring (bicyclic) bond motifs is 1. The average Bonchev–Trinajstić information content (AvgIpc) is 2.60. The maximum atomic E-state index is 11.8. The molecule has 6 heteroatoms. The van der Waals surface area contributed by atoms with Crippen LogP contribution < -0.4 is 0 Å². The van der Waals surface area contributed by atoms with Gasteiger partial charge in [-0.15, -0.1) is 0 Å². The lowest BCUT2D eigenvalue weighted by atomic mass is 10.1. The Hall–Kier alpha value is -2.50. The smallest absolute Gasteiger partial charge is 0.293 e. The zero-order valence-electron chi connectivity index (χ0n) is 9.34. The fraction of sp³-hybridized carbons (Fsp3) is 0.167. The third kappa shape index (κ3) is 1.88. The summed E-state index contributed by atoms with van der Waals surface area (Å²) in [5, 5.41) is 0. The van der Waals surface area contributed by atoms with E-state index in [4.69, 9.17) is 0 Å². The summed E-state index contributed by atoms with van der Waals surface area (Å²) in [5.41, 5.74) is 0.347. The van der Waals surface area contributed by atoms with E-state index in [1.54, 1.807) is 12.1 Å². The van der Waals surface area contributed by atoms with Crippen molar-refractivity contribution in [2.24, 2.45) is 5.92 Å². The van der Waals surface area contributed by atoms with Crippen LogP contribution in [0.5, 0.6) is 0 Å². The van der Waals surface area contributed by atoms with Crippen LogP contribution in [0.15, 0.2) is 24.3 Å². The Kier molecular flexibility index (Phi) is 2.93. The van der Waals surface area contributed by atoms with Crippen LogP contribution in [0.4, 0.5) is 0 Å². The van der Waals surface area contributed by atoms with E-state index in [-0.39, 0.29) is 11.1 Å². The molecule has 0 N–H and O–H groups in total. The fourth-order valence-electron chi connectivity index (χ4n) is 1.70. The molecule has 0 aromatic heterocycles. The first-order valence-electron chi connectivity index (χ1n) is 5.08. The van der Waals surface area contributed by atoms with Gasteiger partial charge < -0.3 is 0 Å². The van der Waals surface area contributed by atoms with Crippen molar-refractivity contribution in [2.75, 3.05) is 0 Å². The first-order valence-corrected chi connectivity index (χ1v) is 5.08. The summed E-state index contributed by atoms with van der Waals surface area (Å²) < 4.78 is 0. The molecule has 0 heterocycles. The summed E-state index contributed by atoms with van der Waals surface area (Å²) >= 11 is 0. The summed E-state index contributed by atoms with van der Waals surface area (Å²) in [7, 11) is 0. The van der Waals surface area contributed by atoms with E-state index in [1.165, 1.54) is 12.1 Å². The van der Waals surface area contributed by atoms with Crippen LogP contribution in [0.25, 0.3) is 0 Å². The molecular formula is C12H8O6. The third-order valence-corrected chi connectivity index (χ3v) is 2.46. The highest BCUT2D eigenvalue weighted by molar-refractivity contribution is 6.34. The molecule has 0 saturated heterocycles. The highest BCUT2D eigenvalue weighted by Crippen LogP contribution is 2.27. The van der Waals surface area contributed by atoms with Gasteiger partial charge in [-0.3, -0.25) is 9.59 Å². The lowest BCUT2D eigenvalue weighted by Gasteiger charge is -2.04. The van der Waals surface area contributed by atoms with E-state index in [2.05, 4.69) is 9.78 Å². The second kappa shape index (κ2) is 4.40. The molecule has 1 aliphatic carbocycles. The van der Waals surface area contributed by atoms with E-state index >= 15 is 0 Å². The van der Waals surface area contributed by atoms with Gasteiger partial charge in [0.1, 0.15) is 0 Å². The van der Waals surface area contributed by atoms with E-state index in [0.29, 0.717) is 0 Å². The van der Waals surface area contributed by atoms with Gasteiger partial charge in [0.25, 0.3) is 0 Å². The first kappa shape index (κ1) is 12.0. The molecular weight excluding hydrogens is 240 g/mol. The van der Waals surface area contributed by atoms with Gasteiger partial charge in [-0.2, -0.15) is 0 Å². The highest BCUT2D eigenvalue weighted by atomic mass is 17.2. The van der Waals surface area contributed by atoms with E-state index in [1.807, 2.05) is 0 Å². The van der Waals surface area contributed by atoms with Crippen molar-refractivity contribution in [3.8, 4) is 0 Å². The number of carbonyl (C=O) groups excluding carboxylic acids is 4. The predicted molar refractivity (Wildman–Crippen MR) is 56.5 cm³/mol. The maximum absolute atomic E-state index is 11.8. The minimum atomic E-state index is -1.58. The molecule has 0 bridgehead atoms. The molecule has 6 nitrogen and oxygen atoms in total. The number of Topliss-reactive ketones (excluding diaryl/α,β-unsaturated/α-hetero) is 2. The topological polar surface area (TPSA) is 86.7 Å². The number of ketones is 2. The second-order valence-electron chi connectivity index (χ2n) is 3.68. The van der Waals surface area contributed by atoms with E-state index in [0.717, 1.165) is 6.92 Å². The monoisotopic (exact) mass is 248 g/mol. The molecule has 1 aliphatic rings. The Morgan fingerprint density at radius 3 is 1.94 bits per heavy atom. The quantitative estimate of drug-likeness (QED) is 0.413. The normalized spacial score (nSPS) is 14.3. The lowest BCUT2D eigenvalue weighted by molar-refractivity contribution is -0.258. The minimum Gasteiger partial charge on any atom is -0.293 e. The van der Waals surface area contributed by atoms with Gasteiger partial charge in [-0.1, -0.05) is 24.3 Å². The molecule has 0 radical (unpaired) electrons. The Balaban J connectivity index is 2.23. The van der Waals surface area contributed by atoms with Crippen LogP contribution in [0.3, 0.4) is 0 Å². The summed E-state index contributed by atoms with van der Waals surface area (Å²) in [6.45, 7) is 1.03. The Morgan fingerprint density at radius 2 is 1.50 bits per heavy atom. The largest absolute Gasteiger partial charge is 0.374 e. The van der Waals surface area contributed by atoms with Gasteiger partial charge in [0, 0.05) is 18.1 Å². The second-order valence-corrected chi connectivity index (χ2v) is 3.68. The molecule has 0 saturated carbocycles. The van der Waals surface area contributed by atoms with Crippen molar-refractivity contribution in [1.82, 2.24) is 0 Å². The van der Waals surface area contributed by atoms with Crippen molar-refractivity contribution in [1.29, 1.82) is 0 Å². The number of hydrogen-bond acceptors (Lipinski definition) is 6. The summed E-state index contributed by atoms with van der Waals surface area (Å²) in [4.78, 5) is 53.8. The van der Waals surface area contributed by atoms with E-state index < -0.39 is 29.4 Å². The van der Waals surface area contributed by atoms with Gasteiger partial charge in [0.15, 0.2) is 17.5 Å². The van der Waals surface area contributed by atoms with Crippen LogP contribution in [0.2, 0.25) is 0 Å². The van der Waals surface area contributed by atoms with Crippen LogP contribution in [-0.2, 0) is 19.4 Å². The standard InChI is InChI=1S/C12H8O6/c1-6(13)17-18-12(16)9-10(14)7-4-2-3-5-8(7)11(9)15/h2-5,9H,1H3. The molecule has 1 aromatic rings.